The Bertz CT molecular complexity index is 324. The van der Waals surface area contributed by atoms with Crippen molar-refractivity contribution < 1.29 is 4.42 Å². The van der Waals surface area contributed by atoms with Gasteiger partial charge in [0.1, 0.15) is 6.26 Å². The number of piperidine rings is 1. The third-order valence-corrected chi connectivity index (χ3v) is 3.27. The van der Waals surface area contributed by atoms with E-state index in [0.717, 1.165) is 37.5 Å². The van der Waals surface area contributed by atoms with Crippen molar-refractivity contribution in [2.24, 2.45) is 5.73 Å². The van der Waals surface area contributed by atoms with Crippen molar-refractivity contribution in [3.63, 3.8) is 0 Å². The van der Waals surface area contributed by atoms with Gasteiger partial charge in [-0.25, -0.2) is 4.98 Å². The van der Waals surface area contributed by atoms with Crippen molar-refractivity contribution in [1.82, 2.24) is 9.88 Å². The summed E-state index contributed by atoms with van der Waals surface area (Å²) in [5, 5.41) is 0. The normalized spacial score (nSPS) is 22.5. The van der Waals surface area contributed by atoms with E-state index in [1.807, 2.05) is 0 Å². The predicted octanol–water partition coefficient (Wildman–Crippen LogP) is 1.72. The average Bonchev–Trinajstić information content (AvgIpc) is 2.78. The molecule has 1 aromatic rings. The molecule has 1 aliphatic heterocycles. The quantitative estimate of drug-likeness (QED) is 0.844. The summed E-state index contributed by atoms with van der Waals surface area (Å²) < 4.78 is 5.58. The van der Waals surface area contributed by atoms with Crippen LogP contribution in [0.2, 0.25) is 0 Å². The van der Waals surface area contributed by atoms with Crippen LogP contribution in [0.1, 0.15) is 43.8 Å². The third-order valence-electron chi connectivity index (χ3n) is 3.27. The summed E-state index contributed by atoms with van der Waals surface area (Å²) in [5.41, 5.74) is 6.49. The lowest BCUT2D eigenvalue weighted by Crippen LogP contribution is -2.33. The molecule has 1 unspecified atom stereocenters. The maximum absolute atomic E-state index is 5.58. The molecule has 2 rings (SSSR count). The van der Waals surface area contributed by atoms with Crippen LogP contribution >= 0.6 is 0 Å². The van der Waals surface area contributed by atoms with Gasteiger partial charge in [-0.1, -0.05) is 13.3 Å². The summed E-state index contributed by atoms with van der Waals surface area (Å²) >= 11 is 0. The summed E-state index contributed by atoms with van der Waals surface area (Å²) in [6, 6.07) is 0.380. The first-order valence-corrected chi connectivity index (χ1v) is 6.23. The number of nitrogens with zero attached hydrogens (tertiary/aromatic N) is 2. The molecule has 1 aromatic heterocycles. The Kier molecular flexibility index (Phi) is 3.96. The second kappa shape index (κ2) is 5.46. The van der Waals surface area contributed by atoms with Crippen molar-refractivity contribution in [3.05, 3.63) is 17.8 Å². The largest absolute Gasteiger partial charge is 0.447 e. The summed E-state index contributed by atoms with van der Waals surface area (Å²) in [6.07, 6.45) is 6.29. The molecule has 0 aromatic carbocycles. The fraction of sp³-hybridized carbons (Fsp3) is 0.750. The smallest absolute Gasteiger partial charge is 0.211 e. The monoisotopic (exact) mass is 223 g/mol. The zero-order valence-electron chi connectivity index (χ0n) is 9.98. The standard InChI is InChI=1S/C12H21N3O/c1-2-15-8-4-3-5-11(15)12-14-10(6-7-13)9-16-12/h9,11H,2-8,13H2,1H3. The van der Waals surface area contributed by atoms with E-state index in [0.29, 0.717) is 12.6 Å². The van der Waals surface area contributed by atoms with E-state index in [1.165, 1.54) is 12.8 Å². The van der Waals surface area contributed by atoms with Crippen molar-refractivity contribution in [1.29, 1.82) is 0 Å². The Balaban J connectivity index is 2.08. The lowest BCUT2D eigenvalue weighted by molar-refractivity contribution is 0.133. The van der Waals surface area contributed by atoms with Gasteiger partial charge in [-0.3, -0.25) is 4.90 Å². The van der Waals surface area contributed by atoms with Gasteiger partial charge < -0.3 is 10.2 Å². The molecule has 2 N–H and O–H groups in total. The van der Waals surface area contributed by atoms with Gasteiger partial charge in [-0.15, -0.1) is 0 Å². The molecular formula is C12H21N3O. The van der Waals surface area contributed by atoms with Gasteiger partial charge in [0.05, 0.1) is 11.7 Å². The molecule has 0 amide bonds. The molecular weight excluding hydrogens is 202 g/mol. The van der Waals surface area contributed by atoms with Crippen LogP contribution in [0.15, 0.2) is 10.7 Å². The second-order valence-electron chi connectivity index (χ2n) is 4.36. The molecule has 90 valence electrons. The number of oxazole rings is 1. The topological polar surface area (TPSA) is 55.3 Å². The van der Waals surface area contributed by atoms with E-state index in [4.69, 9.17) is 10.2 Å². The molecule has 1 atom stereocenters. The first kappa shape index (κ1) is 11.6. The van der Waals surface area contributed by atoms with Gasteiger partial charge in [0.2, 0.25) is 5.89 Å². The SMILES string of the molecule is CCN1CCCCC1c1nc(CCN)co1. The van der Waals surface area contributed by atoms with Crippen LogP contribution in [0, 0.1) is 0 Å². The van der Waals surface area contributed by atoms with Crippen LogP contribution < -0.4 is 5.73 Å². The van der Waals surface area contributed by atoms with Gasteiger partial charge in [0, 0.05) is 6.42 Å². The lowest BCUT2D eigenvalue weighted by Gasteiger charge is -2.32. The van der Waals surface area contributed by atoms with Crippen LogP contribution in [0.3, 0.4) is 0 Å². The first-order chi connectivity index (χ1) is 7.85. The van der Waals surface area contributed by atoms with Gasteiger partial charge in [0.15, 0.2) is 0 Å². The Morgan fingerprint density at radius 2 is 2.44 bits per heavy atom. The van der Waals surface area contributed by atoms with E-state index >= 15 is 0 Å². The fourth-order valence-electron chi connectivity index (χ4n) is 2.39. The lowest BCUT2D eigenvalue weighted by atomic mass is 10.0. The zero-order valence-corrected chi connectivity index (χ0v) is 9.98. The summed E-state index contributed by atoms with van der Waals surface area (Å²) in [6.45, 7) is 5.06. The van der Waals surface area contributed by atoms with Crippen LogP contribution in [0.4, 0.5) is 0 Å². The van der Waals surface area contributed by atoms with Crippen molar-refractivity contribution in [2.75, 3.05) is 19.6 Å². The zero-order chi connectivity index (χ0) is 11.4. The summed E-state index contributed by atoms with van der Waals surface area (Å²) in [7, 11) is 0. The molecule has 2 heterocycles. The molecule has 4 nitrogen and oxygen atoms in total. The van der Waals surface area contributed by atoms with Crippen LogP contribution in [0.5, 0.6) is 0 Å². The van der Waals surface area contributed by atoms with E-state index < -0.39 is 0 Å². The molecule has 0 radical (unpaired) electrons. The Morgan fingerprint density at radius 3 is 3.19 bits per heavy atom. The van der Waals surface area contributed by atoms with Gasteiger partial charge in [-0.05, 0) is 32.5 Å². The Hall–Kier alpha value is -0.870. The highest BCUT2D eigenvalue weighted by Gasteiger charge is 2.26. The van der Waals surface area contributed by atoms with Crippen molar-refractivity contribution in [2.45, 2.75) is 38.6 Å². The molecule has 1 aliphatic rings. The average molecular weight is 223 g/mol. The molecule has 1 fully saturated rings. The van der Waals surface area contributed by atoms with Gasteiger partial charge in [0.25, 0.3) is 0 Å². The molecule has 4 heteroatoms. The van der Waals surface area contributed by atoms with E-state index in [9.17, 15) is 0 Å². The third kappa shape index (κ3) is 2.44. The second-order valence-corrected chi connectivity index (χ2v) is 4.36. The Labute approximate surface area is 96.8 Å². The fourth-order valence-corrected chi connectivity index (χ4v) is 2.39. The summed E-state index contributed by atoms with van der Waals surface area (Å²) in [4.78, 5) is 6.98. The first-order valence-electron chi connectivity index (χ1n) is 6.23. The Morgan fingerprint density at radius 1 is 1.56 bits per heavy atom. The maximum atomic E-state index is 5.58. The molecule has 0 saturated carbocycles. The van der Waals surface area contributed by atoms with Crippen LogP contribution in [-0.2, 0) is 6.42 Å². The van der Waals surface area contributed by atoms with Crippen molar-refractivity contribution in [3.8, 4) is 0 Å². The summed E-state index contributed by atoms with van der Waals surface area (Å²) in [5.74, 6) is 0.880. The number of hydrogen-bond donors (Lipinski definition) is 1. The highest BCUT2D eigenvalue weighted by atomic mass is 16.3. The molecule has 16 heavy (non-hydrogen) atoms. The minimum absolute atomic E-state index is 0.380. The number of nitrogens with two attached hydrogens (primary N) is 1. The molecule has 0 aliphatic carbocycles. The number of rotatable bonds is 4. The molecule has 0 spiro atoms. The van der Waals surface area contributed by atoms with Crippen molar-refractivity contribution >= 4 is 0 Å². The number of aromatic nitrogens is 1. The number of likely N-dealkylation sites (tertiary alicyclic amines) is 1. The maximum Gasteiger partial charge on any atom is 0.211 e. The molecule has 1 saturated heterocycles. The van der Waals surface area contributed by atoms with Gasteiger partial charge >= 0.3 is 0 Å². The predicted molar refractivity (Wildman–Crippen MR) is 63.1 cm³/mol. The number of hydrogen-bond acceptors (Lipinski definition) is 4. The highest BCUT2D eigenvalue weighted by molar-refractivity contribution is 5.02. The van der Waals surface area contributed by atoms with E-state index in [2.05, 4.69) is 16.8 Å². The van der Waals surface area contributed by atoms with Crippen LogP contribution in [0.25, 0.3) is 0 Å². The minimum Gasteiger partial charge on any atom is -0.447 e. The van der Waals surface area contributed by atoms with Crippen LogP contribution in [-0.4, -0.2) is 29.5 Å². The van der Waals surface area contributed by atoms with E-state index in [-0.39, 0.29) is 0 Å². The van der Waals surface area contributed by atoms with Gasteiger partial charge in [-0.2, -0.15) is 0 Å². The highest BCUT2D eigenvalue weighted by Crippen LogP contribution is 2.29. The molecule has 0 bridgehead atoms. The minimum atomic E-state index is 0.380. The van der Waals surface area contributed by atoms with E-state index in [1.54, 1.807) is 6.26 Å².